The number of nitrogens with one attached hydrogen (secondary N) is 1. The maximum absolute atomic E-state index is 11.8. The Labute approximate surface area is 172 Å². The Morgan fingerprint density at radius 3 is 2.71 bits per heavy atom. The van der Waals surface area contributed by atoms with Gasteiger partial charge in [-0.2, -0.15) is 19.6 Å². The van der Waals surface area contributed by atoms with Gasteiger partial charge in [0.05, 0.1) is 11.1 Å². The van der Waals surface area contributed by atoms with Crippen LogP contribution in [0.25, 0.3) is 16.9 Å². The Kier molecular flexibility index (Phi) is 4.47. The Bertz CT molecular complexity index is 1100. The van der Waals surface area contributed by atoms with Gasteiger partial charge in [0.15, 0.2) is 0 Å². The predicted octanol–water partition coefficient (Wildman–Crippen LogP) is 4.62. The molecular weight excluding hydrogens is 401 g/mol. The fourth-order valence-electron chi connectivity index (χ4n) is 2.95. The molecule has 146 valence electrons. The lowest BCUT2D eigenvalue weighted by molar-refractivity contribution is 0.0535. The molecular formula is C19H19Cl2N5O2. The van der Waals surface area contributed by atoms with Gasteiger partial charge in [0, 0.05) is 22.2 Å². The second kappa shape index (κ2) is 6.60. The van der Waals surface area contributed by atoms with Crippen LogP contribution in [0.1, 0.15) is 43.6 Å². The van der Waals surface area contributed by atoms with Crippen molar-refractivity contribution in [1.29, 1.82) is 0 Å². The van der Waals surface area contributed by atoms with Crippen LogP contribution in [0.2, 0.25) is 10.2 Å². The number of halogens is 2. The average molecular weight is 420 g/mol. The Morgan fingerprint density at radius 2 is 2.00 bits per heavy atom. The number of fused-ring (bicyclic) bond motifs is 2. The molecule has 9 heteroatoms. The first-order valence-electron chi connectivity index (χ1n) is 8.82. The topological polar surface area (TPSA) is 81.4 Å². The van der Waals surface area contributed by atoms with Crippen LogP contribution >= 0.6 is 23.2 Å². The number of nitrogens with zero attached hydrogens (tertiary/aromatic N) is 4. The van der Waals surface area contributed by atoms with Gasteiger partial charge in [0.25, 0.3) is 5.78 Å². The molecule has 1 unspecified atom stereocenters. The summed E-state index contributed by atoms with van der Waals surface area (Å²) < 4.78 is 6.71. The molecule has 28 heavy (non-hydrogen) atoms. The van der Waals surface area contributed by atoms with Gasteiger partial charge < -0.3 is 10.1 Å². The second-order valence-electron chi connectivity index (χ2n) is 7.90. The molecule has 0 radical (unpaired) electrons. The third-order valence-electron chi connectivity index (χ3n) is 5.08. The number of carbonyl (C=O) groups is 1. The summed E-state index contributed by atoms with van der Waals surface area (Å²) in [7, 11) is 0. The molecule has 1 aromatic carbocycles. The lowest BCUT2D eigenvalue weighted by atomic mass is 9.88. The van der Waals surface area contributed by atoms with E-state index in [-0.39, 0.29) is 29.2 Å². The molecule has 1 atom stereocenters. The smallest absolute Gasteiger partial charge is 0.338 e. The first kappa shape index (κ1) is 19.0. The van der Waals surface area contributed by atoms with Crippen molar-refractivity contribution in [1.82, 2.24) is 19.6 Å². The van der Waals surface area contributed by atoms with Gasteiger partial charge in [0.1, 0.15) is 23.9 Å². The van der Waals surface area contributed by atoms with Gasteiger partial charge in [-0.1, -0.05) is 44.0 Å². The maximum atomic E-state index is 11.8. The number of carbonyl (C=O) groups excluding carboxylic acids is 1. The van der Waals surface area contributed by atoms with E-state index in [9.17, 15) is 4.79 Å². The molecule has 0 saturated carbocycles. The minimum absolute atomic E-state index is 0.0259. The van der Waals surface area contributed by atoms with Crippen LogP contribution in [0.15, 0.2) is 18.5 Å². The standard InChI is InChI=1S/C19H19Cl2N5O2/c1-9(19(2,3)4)24-16-14(15(21)25-18-22-8-23-26(16)18)12-5-10-7-28-17(27)11(10)6-13(12)20/h5-6,8-9,24H,7H2,1-4H3. The van der Waals surface area contributed by atoms with Gasteiger partial charge in [-0.15, -0.1) is 0 Å². The zero-order chi connectivity index (χ0) is 20.2. The Morgan fingerprint density at radius 1 is 1.25 bits per heavy atom. The monoisotopic (exact) mass is 419 g/mol. The third kappa shape index (κ3) is 3.08. The quantitative estimate of drug-likeness (QED) is 0.492. The van der Waals surface area contributed by atoms with Crippen molar-refractivity contribution in [3.05, 3.63) is 39.8 Å². The van der Waals surface area contributed by atoms with Crippen LogP contribution in [0.3, 0.4) is 0 Å². The van der Waals surface area contributed by atoms with Gasteiger partial charge in [0.2, 0.25) is 0 Å². The van der Waals surface area contributed by atoms with E-state index in [4.69, 9.17) is 27.9 Å². The molecule has 2 aromatic heterocycles. The number of ether oxygens (including phenoxy) is 1. The van der Waals surface area contributed by atoms with Crippen molar-refractivity contribution in [3.63, 3.8) is 0 Å². The van der Waals surface area contributed by atoms with Crippen molar-refractivity contribution >= 4 is 40.8 Å². The normalized spacial score (nSPS) is 14.9. The number of hydrogen-bond acceptors (Lipinski definition) is 6. The van der Waals surface area contributed by atoms with Gasteiger partial charge in [-0.05, 0) is 24.5 Å². The molecule has 0 saturated heterocycles. The highest BCUT2D eigenvalue weighted by molar-refractivity contribution is 6.37. The minimum atomic E-state index is -0.376. The summed E-state index contributed by atoms with van der Waals surface area (Å²) in [4.78, 5) is 20.3. The molecule has 0 amide bonds. The summed E-state index contributed by atoms with van der Waals surface area (Å²) in [5.74, 6) is 0.647. The van der Waals surface area contributed by atoms with Crippen LogP contribution < -0.4 is 5.32 Å². The summed E-state index contributed by atoms with van der Waals surface area (Å²) >= 11 is 13.1. The van der Waals surface area contributed by atoms with Crippen molar-refractivity contribution in [2.75, 3.05) is 5.32 Å². The molecule has 7 nitrogen and oxygen atoms in total. The van der Waals surface area contributed by atoms with Crippen molar-refractivity contribution < 1.29 is 9.53 Å². The molecule has 3 heterocycles. The first-order chi connectivity index (χ1) is 13.2. The summed E-state index contributed by atoms with van der Waals surface area (Å²) in [6.45, 7) is 8.69. The van der Waals surface area contributed by atoms with Crippen LogP contribution in [0.4, 0.5) is 5.82 Å². The maximum Gasteiger partial charge on any atom is 0.338 e. The van der Waals surface area contributed by atoms with Crippen LogP contribution in [-0.2, 0) is 11.3 Å². The van der Waals surface area contributed by atoms with Crippen LogP contribution in [-0.4, -0.2) is 31.6 Å². The molecule has 1 aliphatic heterocycles. The second-order valence-corrected chi connectivity index (χ2v) is 8.66. The SMILES string of the molecule is CC(Nc1c(-c2cc3c(cc2Cl)C(=O)OC3)c(Cl)nc2ncnn12)C(C)(C)C. The molecule has 1 aliphatic rings. The number of aromatic nitrogens is 4. The molecule has 0 fully saturated rings. The number of esters is 1. The van der Waals surface area contributed by atoms with E-state index < -0.39 is 0 Å². The largest absolute Gasteiger partial charge is 0.457 e. The zero-order valence-corrected chi connectivity index (χ0v) is 17.4. The lowest BCUT2D eigenvalue weighted by Gasteiger charge is -2.30. The summed E-state index contributed by atoms with van der Waals surface area (Å²) in [5.41, 5.74) is 2.45. The van der Waals surface area contributed by atoms with E-state index in [1.807, 2.05) is 6.07 Å². The summed E-state index contributed by atoms with van der Waals surface area (Å²) in [6.07, 6.45) is 1.42. The fraction of sp³-hybridized carbons (Fsp3) is 0.368. The van der Waals surface area contributed by atoms with Crippen molar-refractivity contribution in [3.8, 4) is 11.1 Å². The van der Waals surface area contributed by atoms with Crippen molar-refractivity contribution in [2.45, 2.75) is 40.3 Å². The summed E-state index contributed by atoms with van der Waals surface area (Å²) in [6, 6.07) is 3.51. The van der Waals surface area contributed by atoms with Gasteiger partial charge in [-0.3, -0.25) is 0 Å². The Balaban J connectivity index is 1.96. The van der Waals surface area contributed by atoms with Gasteiger partial charge in [-0.25, -0.2) is 4.79 Å². The minimum Gasteiger partial charge on any atom is -0.457 e. The number of hydrogen-bond donors (Lipinski definition) is 1. The average Bonchev–Trinajstić information content (AvgIpc) is 3.21. The lowest BCUT2D eigenvalue weighted by Crippen LogP contribution is -2.32. The van der Waals surface area contributed by atoms with E-state index in [0.29, 0.717) is 33.3 Å². The van der Waals surface area contributed by atoms with Crippen LogP contribution in [0.5, 0.6) is 0 Å². The third-order valence-corrected chi connectivity index (χ3v) is 5.66. The Hall–Kier alpha value is -2.38. The highest BCUT2D eigenvalue weighted by Gasteiger charge is 2.28. The van der Waals surface area contributed by atoms with E-state index >= 15 is 0 Å². The first-order valence-corrected chi connectivity index (χ1v) is 9.58. The van der Waals surface area contributed by atoms with E-state index in [1.165, 1.54) is 6.33 Å². The molecule has 4 rings (SSSR count). The van der Waals surface area contributed by atoms with E-state index in [2.05, 4.69) is 48.1 Å². The van der Waals surface area contributed by atoms with Gasteiger partial charge >= 0.3 is 5.97 Å². The number of benzene rings is 1. The molecule has 0 bridgehead atoms. The van der Waals surface area contributed by atoms with Crippen LogP contribution in [0, 0.1) is 5.41 Å². The zero-order valence-electron chi connectivity index (χ0n) is 15.9. The predicted molar refractivity (Wildman–Crippen MR) is 108 cm³/mol. The molecule has 0 aliphatic carbocycles. The highest BCUT2D eigenvalue weighted by atomic mass is 35.5. The molecule has 3 aromatic rings. The summed E-state index contributed by atoms with van der Waals surface area (Å²) in [5, 5.41) is 8.43. The highest BCUT2D eigenvalue weighted by Crippen LogP contribution is 2.41. The number of rotatable bonds is 3. The molecule has 1 N–H and O–H groups in total. The number of cyclic esters (lactones) is 1. The van der Waals surface area contributed by atoms with Crippen molar-refractivity contribution in [2.24, 2.45) is 5.41 Å². The fourth-order valence-corrected chi connectivity index (χ4v) is 3.48. The molecule has 0 spiro atoms. The van der Waals surface area contributed by atoms with E-state index in [0.717, 1.165) is 5.56 Å². The van der Waals surface area contributed by atoms with E-state index in [1.54, 1.807) is 10.6 Å². The number of anilines is 1.